The summed E-state index contributed by atoms with van der Waals surface area (Å²) in [7, 11) is 0. The third-order valence-electron chi connectivity index (χ3n) is 4.26. The Morgan fingerprint density at radius 3 is 2.63 bits per heavy atom. The lowest BCUT2D eigenvalue weighted by Gasteiger charge is -2.13. The Morgan fingerprint density at radius 2 is 1.83 bits per heavy atom. The van der Waals surface area contributed by atoms with Crippen molar-refractivity contribution >= 4 is 34.0 Å². The van der Waals surface area contributed by atoms with Gasteiger partial charge in [-0.25, -0.2) is 4.98 Å². The number of benzene rings is 2. The number of pyridine rings is 1. The van der Waals surface area contributed by atoms with E-state index in [0.717, 1.165) is 23.6 Å². The summed E-state index contributed by atoms with van der Waals surface area (Å²) in [5.41, 5.74) is 0.232. The SMILES string of the molecule is O=C(Nc1cccc(C(F)(F)F)c1)c1ccc(F)nc1Nc1ccc2cn[nH]c2c1. The first-order valence-electron chi connectivity index (χ1n) is 8.65. The van der Waals surface area contributed by atoms with Gasteiger partial charge in [0, 0.05) is 16.8 Å². The number of fused-ring (bicyclic) bond motifs is 1. The van der Waals surface area contributed by atoms with Crippen molar-refractivity contribution in [1.29, 1.82) is 0 Å². The highest BCUT2D eigenvalue weighted by atomic mass is 19.4. The van der Waals surface area contributed by atoms with Crippen molar-refractivity contribution in [3.8, 4) is 0 Å². The van der Waals surface area contributed by atoms with E-state index in [1.807, 2.05) is 0 Å². The van der Waals surface area contributed by atoms with Gasteiger partial charge in [0.2, 0.25) is 5.95 Å². The summed E-state index contributed by atoms with van der Waals surface area (Å²) >= 11 is 0. The van der Waals surface area contributed by atoms with Crippen LogP contribution in [0.5, 0.6) is 0 Å². The Bertz CT molecular complexity index is 1240. The number of carbonyl (C=O) groups excluding carboxylic acids is 1. The highest BCUT2D eigenvalue weighted by Crippen LogP contribution is 2.31. The summed E-state index contributed by atoms with van der Waals surface area (Å²) in [6, 6.07) is 11.6. The highest BCUT2D eigenvalue weighted by Gasteiger charge is 2.30. The van der Waals surface area contributed by atoms with Crippen molar-refractivity contribution in [2.45, 2.75) is 6.18 Å². The number of amides is 1. The molecule has 0 radical (unpaired) electrons. The second kappa shape index (κ2) is 7.47. The molecule has 0 saturated heterocycles. The lowest BCUT2D eigenvalue weighted by atomic mass is 10.1. The average Bonchev–Trinajstić information content (AvgIpc) is 3.15. The Balaban J connectivity index is 1.62. The van der Waals surface area contributed by atoms with Gasteiger partial charge in [-0.05, 0) is 48.5 Å². The molecule has 0 saturated carbocycles. The fourth-order valence-corrected chi connectivity index (χ4v) is 2.84. The maximum absolute atomic E-state index is 13.7. The van der Waals surface area contributed by atoms with Crippen molar-refractivity contribution in [2.24, 2.45) is 0 Å². The molecule has 30 heavy (non-hydrogen) atoms. The zero-order chi connectivity index (χ0) is 21.3. The topological polar surface area (TPSA) is 82.7 Å². The second-order valence-electron chi connectivity index (χ2n) is 6.36. The lowest BCUT2D eigenvalue weighted by molar-refractivity contribution is -0.137. The van der Waals surface area contributed by atoms with Crippen molar-refractivity contribution in [1.82, 2.24) is 15.2 Å². The lowest BCUT2D eigenvalue weighted by Crippen LogP contribution is -2.16. The van der Waals surface area contributed by atoms with Crippen LogP contribution in [0, 0.1) is 5.95 Å². The molecule has 4 rings (SSSR count). The molecule has 3 N–H and O–H groups in total. The van der Waals surface area contributed by atoms with Crippen LogP contribution in [-0.4, -0.2) is 21.1 Å². The number of anilines is 3. The van der Waals surface area contributed by atoms with Crippen molar-refractivity contribution in [2.75, 3.05) is 10.6 Å². The molecule has 4 aromatic rings. The summed E-state index contributed by atoms with van der Waals surface area (Å²) in [6.45, 7) is 0. The van der Waals surface area contributed by atoms with Gasteiger partial charge in [-0.15, -0.1) is 0 Å². The van der Waals surface area contributed by atoms with Gasteiger partial charge in [0.1, 0.15) is 5.82 Å². The molecule has 0 unspecified atom stereocenters. The fraction of sp³-hybridized carbons (Fsp3) is 0.0500. The van der Waals surface area contributed by atoms with E-state index in [2.05, 4.69) is 25.8 Å². The van der Waals surface area contributed by atoms with Crippen molar-refractivity contribution in [3.05, 3.63) is 77.9 Å². The van der Waals surface area contributed by atoms with Gasteiger partial charge in [-0.2, -0.15) is 22.7 Å². The first-order chi connectivity index (χ1) is 14.3. The van der Waals surface area contributed by atoms with E-state index >= 15 is 0 Å². The molecule has 10 heteroatoms. The third kappa shape index (κ3) is 4.07. The van der Waals surface area contributed by atoms with Crippen molar-refractivity contribution in [3.63, 3.8) is 0 Å². The number of aromatic amines is 1. The summed E-state index contributed by atoms with van der Waals surface area (Å²) in [4.78, 5) is 16.4. The molecule has 152 valence electrons. The molecule has 1 amide bonds. The monoisotopic (exact) mass is 415 g/mol. The van der Waals surface area contributed by atoms with E-state index in [0.29, 0.717) is 11.2 Å². The first kappa shape index (κ1) is 19.4. The Labute approximate surface area is 166 Å². The Kier molecular flexibility index (Phi) is 4.82. The molecule has 0 bridgehead atoms. The van der Waals surface area contributed by atoms with Crippen molar-refractivity contribution < 1.29 is 22.4 Å². The zero-order valence-corrected chi connectivity index (χ0v) is 15.1. The van der Waals surface area contributed by atoms with E-state index in [4.69, 9.17) is 0 Å². The number of rotatable bonds is 4. The van der Waals surface area contributed by atoms with Crippen LogP contribution in [0.1, 0.15) is 15.9 Å². The molecule has 2 aromatic carbocycles. The maximum Gasteiger partial charge on any atom is 0.416 e. The number of alkyl halides is 3. The molecule has 0 aliphatic rings. The number of carbonyl (C=O) groups is 1. The van der Waals surface area contributed by atoms with E-state index < -0.39 is 23.6 Å². The molecule has 0 aliphatic carbocycles. The predicted octanol–water partition coefficient (Wildman–Crippen LogP) is 5.11. The summed E-state index contributed by atoms with van der Waals surface area (Å²) in [5, 5.41) is 12.8. The number of nitrogens with one attached hydrogen (secondary N) is 3. The van der Waals surface area contributed by atoms with Gasteiger partial charge < -0.3 is 10.6 Å². The summed E-state index contributed by atoms with van der Waals surface area (Å²) in [6.07, 6.45) is -2.91. The van der Waals surface area contributed by atoms with Crippen LogP contribution < -0.4 is 10.6 Å². The van der Waals surface area contributed by atoms with E-state index in [1.165, 1.54) is 18.2 Å². The Hall–Kier alpha value is -3.95. The largest absolute Gasteiger partial charge is 0.416 e. The number of aromatic nitrogens is 3. The molecule has 0 aliphatic heterocycles. The molecule has 2 aromatic heterocycles. The minimum atomic E-state index is -4.55. The maximum atomic E-state index is 13.7. The van der Waals surface area contributed by atoms with Crippen LogP contribution in [0.15, 0.2) is 60.8 Å². The molecular weight excluding hydrogens is 402 g/mol. The van der Waals surface area contributed by atoms with E-state index in [1.54, 1.807) is 24.4 Å². The normalized spacial score (nSPS) is 11.5. The minimum Gasteiger partial charge on any atom is -0.339 e. The van der Waals surface area contributed by atoms with Gasteiger partial charge in [-0.1, -0.05) is 6.07 Å². The number of halogens is 4. The van der Waals surface area contributed by atoms with Crippen LogP contribution in [0.25, 0.3) is 10.9 Å². The number of nitrogens with zero attached hydrogens (tertiary/aromatic N) is 2. The zero-order valence-electron chi connectivity index (χ0n) is 15.1. The smallest absolute Gasteiger partial charge is 0.339 e. The van der Waals surface area contributed by atoms with Crippen LogP contribution >= 0.6 is 0 Å². The quantitative estimate of drug-likeness (QED) is 0.320. The van der Waals surface area contributed by atoms with Gasteiger partial charge in [0.25, 0.3) is 5.91 Å². The third-order valence-corrected chi connectivity index (χ3v) is 4.26. The average molecular weight is 415 g/mol. The standard InChI is InChI=1S/C20H13F4N5O/c21-17-7-6-15(19(30)27-13-3-1-2-12(8-13)20(22,23)24)18(28-17)26-14-5-4-11-10-25-29-16(11)9-14/h1-10H,(H,25,29)(H,26,28)(H,27,30). The van der Waals surface area contributed by atoms with Crippen LogP contribution in [-0.2, 0) is 6.18 Å². The second-order valence-corrected chi connectivity index (χ2v) is 6.36. The molecule has 0 atom stereocenters. The van der Waals surface area contributed by atoms with Gasteiger partial charge in [0.05, 0.1) is 22.8 Å². The van der Waals surface area contributed by atoms with Crippen LogP contribution in [0.3, 0.4) is 0 Å². The molecule has 0 spiro atoms. The van der Waals surface area contributed by atoms with E-state index in [9.17, 15) is 22.4 Å². The summed E-state index contributed by atoms with van der Waals surface area (Å²) in [5.74, 6) is -1.65. The molecule has 2 heterocycles. The molecule has 6 nitrogen and oxygen atoms in total. The predicted molar refractivity (Wildman–Crippen MR) is 103 cm³/mol. The number of hydrogen-bond acceptors (Lipinski definition) is 4. The fourth-order valence-electron chi connectivity index (χ4n) is 2.84. The van der Waals surface area contributed by atoms with E-state index in [-0.39, 0.29) is 17.1 Å². The number of hydrogen-bond donors (Lipinski definition) is 3. The van der Waals surface area contributed by atoms with Crippen LogP contribution in [0.2, 0.25) is 0 Å². The molecular formula is C20H13F4N5O. The van der Waals surface area contributed by atoms with Gasteiger partial charge in [-0.3, -0.25) is 9.89 Å². The number of H-pyrrole nitrogens is 1. The minimum absolute atomic E-state index is 0.0430. The summed E-state index contributed by atoms with van der Waals surface area (Å²) < 4.78 is 52.4. The highest BCUT2D eigenvalue weighted by molar-refractivity contribution is 6.08. The Morgan fingerprint density at radius 1 is 1.00 bits per heavy atom. The molecule has 0 fully saturated rings. The first-order valence-corrected chi connectivity index (χ1v) is 8.65. The van der Waals surface area contributed by atoms with Crippen LogP contribution in [0.4, 0.5) is 34.8 Å². The van der Waals surface area contributed by atoms with Gasteiger partial charge >= 0.3 is 6.18 Å². The van der Waals surface area contributed by atoms with Gasteiger partial charge in [0.15, 0.2) is 0 Å².